The van der Waals surface area contributed by atoms with Crippen molar-refractivity contribution in [2.45, 2.75) is 46.0 Å². The van der Waals surface area contributed by atoms with Gasteiger partial charge in [0.25, 0.3) is 0 Å². The molecule has 26 heavy (non-hydrogen) atoms. The number of carbonyl (C=O) groups excluding carboxylic acids is 1. The van der Waals surface area contributed by atoms with E-state index >= 15 is 0 Å². The first kappa shape index (κ1) is 20.6. The van der Waals surface area contributed by atoms with E-state index in [0.717, 1.165) is 44.9 Å². The Morgan fingerprint density at radius 3 is 2.42 bits per heavy atom. The zero-order chi connectivity index (χ0) is 19.0. The lowest BCUT2D eigenvalue weighted by Gasteiger charge is -2.31. The van der Waals surface area contributed by atoms with E-state index in [4.69, 9.17) is 9.47 Å². The van der Waals surface area contributed by atoms with E-state index in [1.54, 1.807) is 0 Å². The molecule has 0 saturated carbocycles. The van der Waals surface area contributed by atoms with Gasteiger partial charge in [-0.2, -0.15) is 0 Å². The van der Waals surface area contributed by atoms with Crippen LogP contribution in [0.5, 0.6) is 5.75 Å². The van der Waals surface area contributed by atoms with Gasteiger partial charge in [-0.1, -0.05) is 32.9 Å². The van der Waals surface area contributed by atoms with Gasteiger partial charge in [0, 0.05) is 26.3 Å². The number of likely N-dealkylation sites (tertiary alicyclic amines) is 1. The number of carbonyl (C=O) groups is 1. The summed E-state index contributed by atoms with van der Waals surface area (Å²) in [5.41, 5.74) is 1.42. The second-order valence-electron chi connectivity index (χ2n) is 7.94. The monoisotopic (exact) mass is 362 g/mol. The summed E-state index contributed by atoms with van der Waals surface area (Å²) in [4.78, 5) is 14.1. The van der Waals surface area contributed by atoms with E-state index in [1.165, 1.54) is 5.56 Å². The molecule has 2 amide bonds. The van der Waals surface area contributed by atoms with Gasteiger partial charge in [-0.15, -0.1) is 0 Å². The predicted octanol–water partition coefficient (Wildman–Crippen LogP) is 3.82. The maximum Gasteiger partial charge on any atom is 0.317 e. The van der Waals surface area contributed by atoms with E-state index < -0.39 is 0 Å². The van der Waals surface area contributed by atoms with Crippen LogP contribution in [-0.2, 0) is 10.2 Å². The lowest BCUT2D eigenvalue weighted by atomic mass is 9.87. The minimum absolute atomic E-state index is 0.00606. The first-order valence-electron chi connectivity index (χ1n) is 9.74. The fraction of sp³-hybridized carbons (Fsp3) is 0.667. The molecule has 5 heteroatoms. The molecule has 0 aromatic heterocycles. The van der Waals surface area contributed by atoms with Gasteiger partial charge >= 0.3 is 6.03 Å². The van der Waals surface area contributed by atoms with Crippen molar-refractivity contribution in [2.24, 2.45) is 5.92 Å². The average Bonchev–Trinajstić information content (AvgIpc) is 2.63. The van der Waals surface area contributed by atoms with Gasteiger partial charge in [0.1, 0.15) is 12.4 Å². The number of nitrogens with one attached hydrogen (secondary N) is 1. The Balaban J connectivity index is 1.63. The number of benzene rings is 1. The smallest absolute Gasteiger partial charge is 0.317 e. The Morgan fingerprint density at radius 1 is 1.19 bits per heavy atom. The molecule has 5 nitrogen and oxygen atoms in total. The highest BCUT2D eigenvalue weighted by Crippen LogP contribution is 2.24. The van der Waals surface area contributed by atoms with Crippen LogP contribution in [0.3, 0.4) is 0 Å². The Labute approximate surface area is 158 Å². The third-order valence-corrected chi connectivity index (χ3v) is 4.83. The zero-order valence-electron chi connectivity index (χ0n) is 16.7. The molecule has 2 rings (SSSR count). The van der Waals surface area contributed by atoms with Crippen LogP contribution >= 0.6 is 0 Å². The summed E-state index contributed by atoms with van der Waals surface area (Å²) in [6.07, 6.45) is 2.04. The second kappa shape index (κ2) is 9.81. The van der Waals surface area contributed by atoms with Crippen molar-refractivity contribution in [1.82, 2.24) is 10.2 Å². The molecule has 0 bridgehead atoms. The van der Waals surface area contributed by atoms with Crippen molar-refractivity contribution in [3.63, 3.8) is 0 Å². The van der Waals surface area contributed by atoms with Crippen LogP contribution < -0.4 is 10.1 Å². The van der Waals surface area contributed by atoms with Crippen LogP contribution in [0.15, 0.2) is 24.3 Å². The molecule has 1 fully saturated rings. The molecule has 146 valence electrons. The average molecular weight is 363 g/mol. The number of hydrogen-bond acceptors (Lipinski definition) is 3. The van der Waals surface area contributed by atoms with Crippen LogP contribution in [0.25, 0.3) is 0 Å². The normalized spacial score (nSPS) is 15.8. The number of rotatable bonds is 7. The highest BCUT2D eigenvalue weighted by atomic mass is 16.5. The molecule has 1 N–H and O–H groups in total. The van der Waals surface area contributed by atoms with Crippen molar-refractivity contribution in [3.8, 4) is 5.75 Å². The minimum atomic E-state index is 0.00606. The molecular weight excluding hydrogens is 328 g/mol. The standard InChI is InChI=1S/C21H34N2O3/c1-5-25-16-17-10-13-23(14-11-17)20(24)22-12-15-26-19-8-6-18(7-9-19)21(2,3)4/h6-9,17H,5,10-16H2,1-4H3,(H,22,24). The number of piperidine rings is 1. The molecule has 0 spiro atoms. The Morgan fingerprint density at radius 2 is 1.85 bits per heavy atom. The molecule has 0 atom stereocenters. The topological polar surface area (TPSA) is 50.8 Å². The van der Waals surface area contributed by atoms with Gasteiger partial charge in [0.05, 0.1) is 6.54 Å². The van der Waals surface area contributed by atoms with E-state index in [9.17, 15) is 4.79 Å². The first-order chi connectivity index (χ1) is 12.4. The van der Waals surface area contributed by atoms with Crippen molar-refractivity contribution in [3.05, 3.63) is 29.8 Å². The number of amides is 2. The maximum absolute atomic E-state index is 12.2. The number of hydrogen-bond donors (Lipinski definition) is 1. The summed E-state index contributed by atoms with van der Waals surface area (Å²) >= 11 is 0. The summed E-state index contributed by atoms with van der Waals surface area (Å²) < 4.78 is 11.2. The van der Waals surface area contributed by atoms with E-state index in [1.807, 2.05) is 24.0 Å². The van der Waals surface area contributed by atoms with Crippen molar-refractivity contribution in [2.75, 3.05) is 39.5 Å². The number of nitrogens with zero attached hydrogens (tertiary/aromatic N) is 1. The van der Waals surface area contributed by atoms with E-state index in [2.05, 4.69) is 38.2 Å². The molecule has 1 aliphatic heterocycles. The molecular formula is C21H34N2O3. The van der Waals surface area contributed by atoms with E-state index in [-0.39, 0.29) is 11.4 Å². The fourth-order valence-corrected chi connectivity index (χ4v) is 3.08. The second-order valence-corrected chi connectivity index (χ2v) is 7.94. The summed E-state index contributed by atoms with van der Waals surface area (Å²) in [6, 6.07) is 8.18. The highest BCUT2D eigenvalue weighted by molar-refractivity contribution is 5.74. The molecule has 1 aliphatic rings. The summed E-state index contributed by atoms with van der Waals surface area (Å²) in [6.45, 7) is 12.8. The maximum atomic E-state index is 12.2. The van der Waals surface area contributed by atoms with Gasteiger partial charge in [-0.25, -0.2) is 4.79 Å². The summed E-state index contributed by atoms with van der Waals surface area (Å²) in [7, 11) is 0. The SMILES string of the molecule is CCOCC1CCN(C(=O)NCCOc2ccc(C(C)(C)C)cc2)CC1. The Hall–Kier alpha value is -1.75. The first-order valence-corrected chi connectivity index (χ1v) is 9.74. The molecule has 0 unspecified atom stereocenters. The third kappa shape index (κ3) is 6.52. The van der Waals surface area contributed by atoms with Gasteiger partial charge in [-0.3, -0.25) is 0 Å². The lowest BCUT2D eigenvalue weighted by molar-refractivity contribution is 0.0801. The quantitative estimate of drug-likeness (QED) is 0.750. The van der Waals surface area contributed by atoms with Crippen molar-refractivity contribution in [1.29, 1.82) is 0 Å². The molecule has 0 aliphatic carbocycles. The van der Waals surface area contributed by atoms with Crippen molar-refractivity contribution >= 4 is 6.03 Å². The van der Waals surface area contributed by atoms with Crippen LogP contribution in [0.4, 0.5) is 4.79 Å². The number of ether oxygens (including phenoxy) is 2. The highest BCUT2D eigenvalue weighted by Gasteiger charge is 2.22. The van der Waals surface area contributed by atoms with Crippen LogP contribution in [-0.4, -0.2) is 50.4 Å². The molecule has 1 aromatic carbocycles. The summed E-state index contributed by atoms with van der Waals surface area (Å²) in [5.74, 6) is 1.42. The third-order valence-electron chi connectivity index (χ3n) is 4.83. The van der Waals surface area contributed by atoms with Gasteiger partial charge in [0.15, 0.2) is 0 Å². The van der Waals surface area contributed by atoms with Gasteiger partial charge in [0.2, 0.25) is 0 Å². The van der Waals surface area contributed by atoms with Gasteiger partial charge in [-0.05, 0) is 48.8 Å². The molecule has 1 heterocycles. The molecule has 1 saturated heterocycles. The largest absolute Gasteiger partial charge is 0.492 e. The summed E-state index contributed by atoms with van der Waals surface area (Å²) in [5, 5.41) is 2.95. The molecule has 0 radical (unpaired) electrons. The lowest BCUT2D eigenvalue weighted by Crippen LogP contribution is -2.45. The zero-order valence-corrected chi connectivity index (χ0v) is 16.7. The molecule has 1 aromatic rings. The van der Waals surface area contributed by atoms with Crippen molar-refractivity contribution < 1.29 is 14.3 Å². The van der Waals surface area contributed by atoms with Gasteiger partial charge < -0.3 is 19.7 Å². The van der Waals surface area contributed by atoms with Crippen LogP contribution in [0.1, 0.15) is 46.1 Å². The fourth-order valence-electron chi connectivity index (χ4n) is 3.08. The van der Waals surface area contributed by atoms with Crippen LogP contribution in [0.2, 0.25) is 0 Å². The Bertz CT molecular complexity index is 543. The van der Waals surface area contributed by atoms with Crippen LogP contribution in [0, 0.1) is 5.92 Å². The van der Waals surface area contributed by atoms with E-state index in [0.29, 0.717) is 19.1 Å². The minimum Gasteiger partial charge on any atom is -0.492 e. The predicted molar refractivity (Wildman–Crippen MR) is 105 cm³/mol. The number of urea groups is 1. The Kier molecular flexibility index (Phi) is 7.76.